The van der Waals surface area contributed by atoms with E-state index in [-0.39, 0.29) is 5.92 Å². The van der Waals surface area contributed by atoms with Gasteiger partial charge in [-0.15, -0.1) is 0 Å². The molecule has 0 spiro atoms. The van der Waals surface area contributed by atoms with Crippen LogP contribution in [-0.2, 0) is 11.3 Å². The Labute approximate surface area is 209 Å². The van der Waals surface area contributed by atoms with E-state index in [0.717, 1.165) is 55.0 Å². The predicted molar refractivity (Wildman–Crippen MR) is 141 cm³/mol. The first-order valence-electron chi connectivity index (χ1n) is 13.5. The molecule has 5 nitrogen and oxygen atoms in total. The van der Waals surface area contributed by atoms with Crippen molar-refractivity contribution in [1.29, 1.82) is 0 Å². The Hall–Kier alpha value is -2.82. The smallest absolute Gasteiger partial charge is 0.223 e. The van der Waals surface area contributed by atoms with Crippen LogP contribution in [0.1, 0.15) is 87.6 Å². The molecule has 2 fully saturated rings. The third-order valence-corrected chi connectivity index (χ3v) is 7.80. The van der Waals surface area contributed by atoms with E-state index in [1.165, 1.54) is 30.4 Å². The summed E-state index contributed by atoms with van der Waals surface area (Å²) in [5.41, 5.74) is 4.66. The molecule has 5 rings (SSSR count). The minimum absolute atomic E-state index is 0.169. The number of nitrogens with zero attached hydrogens (tertiary/aromatic N) is 3. The lowest BCUT2D eigenvalue weighted by molar-refractivity contribution is -0.130. The van der Waals surface area contributed by atoms with Crippen molar-refractivity contribution < 1.29 is 9.53 Å². The topological polar surface area (TPSA) is 47.4 Å². The van der Waals surface area contributed by atoms with Crippen LogP contribution < -0.4 is 4.74 Å². The summed E-state index contributed by atoms with van der Waals surface area (Å²) in [4.78, 5) is 20.2. The van der Waals surface area contributed by atoms with Gasteiger partial charge in [-0.3, -0.25) is 4.79 Å². The van der Waals surface area contributed by atoms with Crippen molar-refractivity contribution in [2.24, 2.45) is 0 Å². The number of fused-ring (bicyclic) bond motifs is 1. The number of ether oxygens (including phenoxy) is 1. The Morgan fingerprint density at radius 1 is 1.09 bits per heavy atom. The number of amides is 1. The highest BCUT2D eigenvalue weighted by Gasteiger charge is 2.37. The molecule has 2 aliphatic rings. The molecule has 2 aromatic carbocycles. The summed E-state index contributed by atoms with van der Waals surface area (Å²) >= 11 is 0. The summed E-state index contributed by atoms with van der Waals surface area (Å²) in [6.07, 6.45) is 7.59. The van der Waals surface area contributed by atoms with E-state index in [9.17, 15) is 4.79 Å². The van der Waals surface area contributed by atoms with Gasteiger partial charge >= 0.3 is 0 Å². The zero-order valence-corrected chi connectivity index (χ0v) is 21.5. The van der Waals surface area contributed by atoms with Crippen LogP contribution in [0.3, 0.4) is 0 Å². The average molecular weight is 474 g/mol. The SMILES string of the molecule is Cc1ccc(C(C)C)c(OCCCn2c(C3CC(=O)N(C4CCCCC4)C3)nc3ccccc32)c1. The zero-order chi connectivity index (χ0) is 24.4. The first kappa shape index (κ1) is 23.9. The van der Waals surface area contributed by atoms with E-state index >= 15 is 0 Å². The molecule has 0 radical (unpaired) electrons. The molecule has 35 heavy (non-hydrogen) atoms. The number of carbonyl (C=O) groups is 1. The largest absolute Gasteiger partial charge is 0.493 e. The molecule has 2 heterocycles. The molecule has 1 saturated carbocycles. The lowest BCUT2D eigenvalue weighted by Gasteiger charge is -2.31. The van der Waals surface area contributed by atoms with Gasteiger partial charge < -0.3 is 14.2 Å². The van der Waals surface area contributed by atoms with Crippen LogP contribution >= 0.6 is 0 Å². The number of likely N-dealkylation sites (tertiary alicyclic amines) is 1. The van der Waals surface area contributed by atoms with E-state index < -0.39 is 0 Å². The van der Waals surface area contributed by atoms with E-state index in [1.54, 1.807) is 0 Å². The van der Waals surface area contributed by atoms with E-state index in [4.69, 9.17) is 9.72 Å². The maximum absolute atomic E-state index is 13.0. The second-order valence-corrected chi connectivity index (χ2v) is 10.7. The van der Waals surface area contributed by atoms with Crippen molar-refractivity contribution in [2.75, 3.05) is 13.2 Å². The summed E-state index contributed by atoms with van der Waals surface area (Å²) in [5, 5.41) is 0. The quantitative estimate of drug-likeness (QED) is 0.347. The van der Waals surface area contributed by atoms with Gasteiger partial charge in [-0.25, -0.2) is 4.98 Å². The highest BCUT2D eigenvalue weighted by atomic mass is 16.5. The summed E-state index contributed by atoms with van der Waals surface area (Å²) in [7, 11) is 0. The molecular weight excluding hydrogens is 434 g/mol. The second kappa shape index (κ2) is 10.4. The Kier molecular flexibility index (Phi) is 7.12. The highest BCUT2D eigenvalue weighted by Crippen LogP contribution is 2.35. The summed E-state index contributed by atoms with van der Waals surface area (Å²) in [6.45, 7) is 8.84. The van der Waals surface area contributed by atoms with Crippen molar-refractivity contribution in [3.05, 3.63) is 59.4 Å². The Balaban J connectivity index is 1.31. The molecule has 0 bridgehead atoms. The third-order valence-electron chi connectivity index (χ3n) is 7.80. The van der Waals surface area contributed by atoms with Gasteiger partial charge in [-0.2, -0.15) is 0 Å². The average Bonchev–Trinajstić information content (AvgIpc) is 3.42. The minimum atomic E-state index is 0.169. The molecule has 3 aromatic rings. The van der Waals surface area contributed by atoms with Gasteiger partial charge in [0.25, 0.3) is 0 Å². The molecule has 1 aliphatic heterocycles. The number of rotatable bonds is 8. The Morgan fingerprint density at radius 2 is 1.89 bits per heavy atom. The van der Waals surface area contributed by atoms with Gasteiger partial charge in [0.15, 0.2) is 0 Å². The molecule has 1 aliphatic carbocycles. The van der Waals surface area contributed by atoms with Gasteiger partial charge in [0.1, 0.15) is 11.6 Å². The Bertz CT molecular complexity index is 1180. The number of hydrogen-bond acceptors (Lipinski definition) is 3. The van der Waals surface area contributed by atoms with Gasteiger partial charge in [0.05, 0.1) is 17.6 Å². The number of aromatic nitrogens is 2. The lowest BCUT2D eigenvalue weighted by Crippen LogP contribution is -2.37. The maximum Gasteiger partial charge on any atom is 0.223 e. The van der Waals surface area contributed by atoms with Crippen LogP contribution in [-0.4, -0.2) is 39.6 Å². The van der Waals surface area contributed by atoms with Crippen LogP contribution in [0.25, 0.3) is 11.0 Å². The number of imidazole rings is 1. The van der Waals surface area contributed by atoms with E-state index in [1.807, 2.05) is 6.07 Å². The summed E-state index contributed by atoms with van der Waals surface area (Å²) in [6, 6.07) is 15.3. The number of para-hydroxylation sites is 2. The van der Waals surface area contributed by atoms with Crippen molar-refractivity contribution in [3.63, 3.8) is 0 Å². The standard InChI is InChI=1S/C30H39N3O2/c1-21(2)25-15-14-22(3)18-28(25)35-17-9-16-32-27-13-8-7-12-26(27)31-30(32)23-19-29(34)33(20-23)24-10-5-4-6-11-24/h7-8,12-15,18,21,23-24H,4-6,9-11,16-17,19-20H2,1-3H3. The second-order valence-electron chi connectivity index (χ2n) is 10.7. The Morgan fingerprint density at radius 3 is 2.69 bits per heavy atom. The van der Waals surface area contributed by atoms with Crippen molar-refractivity contribution in [1.82, 2.24) is 14.5 Å². The zero-order valence-electron chi connectivity index (χ0n) is 21.5. The molecular formula is C30H39N3O2. The summed E-state index contributed by atoms with van der Waals surface area (Å²) < 4.78 is 8.62. The first-order valence-corrected chi connectivity index (χ1v) is 13.5. The molecule has 1 aromatic heterocycles. The van der Waals surface area contributed by atoms with Crippen LogP contribution in [0.2, 0.25) is 0 Å². The van der Waals surface area contributed by atoms with Crippen LogP contribution in [0.15, 0.2) is 42.5 Å². The molecule has 1 unspecified atom stereocenters. The predicted octanol–water partition coefficient (Wildman–Crippen LogP) is 6.59. The highest BCUT2D eigenvalue weighted by molar-refractivity contribution is 5.81. The number of aryl methyl sites for hydroxylation is 2. The van der Waals surface area contributed by atoms with Crippen molar-refractivity contribution >= 4 is 16.9 Å². The number of carbonyl (C=O) groups excluding carboxylic acids is 1. The maximum atomic E-state index is 13.0. The summed E-state index contributed by atoms with van der Waals surface area (Å²) in [5.74, 6) is 2.98. The fourth-order valence-electron chi connectivity index (χ4n) is 5.94. The van der Waals surface area contributed by atoms with Gasteiger partial charge in [0.2, 0.25) is 5.91 Å². The molecule has 1 saturated heterocycles. The number of benzene rings is 2. The fraction of sp³-hybridized carbons (Fsp3) is 0.533. The third kappa shape index (κ3) is 5.10. The fourth-order valence-corrected chi connectivity index (χ4v) is 5.94. The minimum Gasteiger partial charge on any atom is -0.493 e. The van der Waals surface area contributed by atoms with Gasteiger partial charge in [-0.1, -0.05) is 57.4 Å². The first-order chi connectivity index (χ1) is 17.0. The molecule has 1 atom stereocenters. The monoisotopic (exact) mass is 473 g/mol. The van der Waals surface area contributed by atoms with Crippen LogP contribution in [0, 0.1) is 6.92 Å². The molecule has 1 amide bonds. The van der Waals surface area contributed by atoms with E-state index in [2.05, 4.69) is 66.6 Å². The normalized spacial score (nSPS) is 19.3. The van der Waals surface area contributed by atoms with Crippen molar-refractivity contribution in [3.8, 4) is 5.75 Å². The molecule has 5 heteroatoms. The molecule has 186 valence electrons. The van der Waals surface area contributed by atoms with Gasteiger partial charge in [-0.05, 0) is 61.4 Å². The van der Waals surface area contributed by atoms with Gasteiger partial charge in [0, 0.05) is 31.5 Å². The van der Waals surface area contributed by atoms with Crippen molar-refractivity contribution in [2.45, 2.75) is 90.1 Å². The van der Waals surface area contributed by atoms with E-state index in [0.29, 0.717) is 30.9 Å². The number of hydrogen-bond donors (Lipinski definition) is 0. The van der Waals surface area contributed by atoms with Crippen LogP contribution in [0.4, 0.5) is 0 Å². The molecule has 0 N–H and O–H groups in total. The van der Waals surface area contributed by atoms with Crippen LogP contribution in [0.5, 0.6) is 5.75 Å². The lowest BCUT2D eigenvalue weighted by atomic mass is 9.94.